The maximum Gasteiger partial charge on any atom is 0.329 e. The van der Waals surface area contributed by atoms with Gasteiger partial charge in [-0.15, -0.1) is 0 Å². The first-order valence-electron chi connectivity index (χ1n) is 7.19. The molecule has 1 heterocycles. The maximum absolute atomic E-state index is 12.2. The van der Waals surface area contributed by atoms with Crippen molar-refractivity contribution in [2.45, 2.75) is 31.2 Å². The van der Waals surface area contributed by atoms with Crippen molar-refractivity contribution in [2.75, 3.05) is 0 Å². The van der Waals surface area contributed by atoms with E-state index >= 15 is 0 Å². The zero-order chi connectivity index (χ0) is 15.6. The summed E-state index contributed by atoms with van der Waals surface area (Å²) in [4.78, 5) is 23.7. The molecule has 0 saturated heterocycles. The molecule has 1 fully saturated rings. The van der Waals surface area contributed by atoms with E-state index in [0.29, 0.717) is 18.5 Å². The molecule has 22 heavy (non-hydrogen) atoms. The van der Waals surface area contributed by atoms with Gasteiger partial charge in [0.05, 0.1) is 0 Å². The third-order valence-electron chi connectivity index (χ3n) is 4.02. The van der Waals surface area contributed by atoms with Crippen molar-refractivity contribution in [3.05, 3.63) is 42.2 Å². The average molecular weight is 300 g/mol. The molecule has 0 spiro atoms. The van der Waals surface area contributed by atoms with Gasteiger partial charge in [0, 0.05) is 11.6 Å². The van der Waals surface area contributed by atoms with E-state index in [1.807, 2.05) is 30.3 Å². The van der Waals surface area contributed by atoms with Gasteiger partial charge in [-0.05, 0) is 12.8 Å². The topological polar surface area (TPSA) is 92.4 Å². The highest BCUT2D eigenvalue weighted by molar-refractivity contribution is 5.96. The minimum absolute atomic E-state index is 0.0198. The van der Waals surface area contributed by atoms with Crippen molar-refractivity contribution < 1.29 is 19.2 Å². The van der Waals surface area contributed by atoms with Crippen molar-refractivity contribution in [2.24, 2.45) is 0 Å². The van der Waals surface area contributed by atoms with Crippen LogP contribution in [0, 0.1) is 0 Å². The van der Waals surface area contributed by atoms with Crippen molar-refractivity contribution in [1.82, 2.24) is 10.5 Å². The van der Waals surface area contributed by atoms with Gasteiger partial charge in [-0.2, -0.15) is 0 Å². The highest BCUT2D eigenvalue weighted by atomic mass is 16.5. The molecule has 1 aliphatic rings. The molecule has 114 valence electrons. The van der Waals surface area contributed by atoms with Crippen LogP contribution < -0.4 is 5.32 Å². The van der Waals surface area contributed by atoms with E-state index in [9.17, 15) is 14.7 Å². The summed E-state index contributed by atoms with van der Waals surface area (Å²) in [6.07, 6.45) is 2.46. The number of aliphatic carboxylic acids is 1. The Morgan fingerprint density at radius 3 is 2.50 bits per heavy atom. The van der Waals surface area contributed by atoms with Crippen LogP contribution in [0.1, 0.15) is 36.2 Å². The standard InChI is InChI=1S/C16H16N2O4/c19-14(17-16(15(20)21)8-4-5-9-16)13-10-12(18-22-13)11-6-2-1-3-7-11/h1-3,6-7,10H,4-5,8-9H2,(H,17,19)(H,20,21). The SMILES string of the molecule is O=C(NC1(C(=O)O)CCCC1)c1cc(-c2ccccc2)no1. The first-order chi connectivity index (χ1) is 10.6. The summed E-state index contributed by atoms with van der Waals surface area (Å²) >= 11 is 0. The van der Waals surface area contributed by atoms with Gasteiger partial charge in [0.15, 0.2) is 0 Å². The molecule has 1 aliphatic carbocycles. The molecule has 1 saturated carbocycles. The number of rotatable bonds is 4. The largest absolute Gasteiger partial charge is 0.480 e. The summed E-state index contributed by atoms with van der Waals surface area (Å²) < 4.78 is 5.06. The summed E-state index contributed by atoms with van der Waals surface area (Å²) in [6, 6.07) is 10.8. The number of amides is 1. The van der Waals surface area contributed by atoms with Crippen molar-refractivity contribution in [3.8, 4) is 11.3 Å². The first-order valence-corrected chi connectivity index (χ1v) is 7.19. The number of nitrogens with one attached hydrogen (secondary N) is 1. The maximum atomic E-state index is 12.2. The highest BCUT2D eigenvalue weighted by Crippen LogP contribution is 2.30. The number of aromatic nitrogens is 1. The zero-order valence-electron chi connectivity index (χ0n) is 11.9. The van der Waals surface area contributed by atoms with E-state index in [2.05, 4.69) is 10.5 Å². The predicted molar refractivity (Wildman–Crippen MR) is 78.2 cm³/mol. The lowest BCUT2D eigenvalue weighted by Gasteiger charge is -2.24. The normalized spacial score (nSPS) is 16.4. The number of hydrogen-bond donors (Lipinski definition) is 2. The molecular formula is C16H16N2O4. The van der Waals surface area contributed by atoms with Gasteiger partial charge < -0.3 is 14.9 Å². The third-order valence-corrected chi connectivity index (χ3v) is 4.02. The van der Waals surface area contributed by atoms with Crippen LogP contribution in [0.5, 0.6) is 0 Å². The van der Waals surface area contributed by atoms with Crippen molar-refractivity contribution >= 4 is 11.9 Å². The van der Waals surface area contributed by atoms with Crippen LogP contribution in [0.4, 0.5) is 0 Å². The van der Waals surface area contributed by atoms with Crippen LogP contribution in [-0.4, -0.2) is 27.7 Å². The Bertz CT molecular complexity index is 687. The smallest absolute Gasteiger partial charge is 0.329 e. The monoisotopic (exact) mass is 300 g/mol. The minimum atomic E-state index is -1.18. The van der Waals surface area contributed by atoms with Gasteiger partial charge in [0.1, 0.15) is 11.2 Å². The molecule has 1 amide bonds. The molecule has 1 aromatic heterocycles. The average Bonchev–Trinajstić information content (AvgIpc) is 3.18. The van der Waals surface area contributed by atoms with Crippen LogP contribution in [0.2, 0.25) is 0 Å². The van der Waals surface area contributed by atoms with E-state index in [4.69, 9.17) is 4.52 Å². The first kappa shape index (κ1) is 14.3. The van der Waals surface area contributed by atoms with Crippen LogP contribution >= 0.6 is 0 Å². The fraction of sp³-hybridized carbons (Fsp3) is 0.312. The van der Waals surface area contributed by atoms with Gasteiger partial charge in [0.2, 0.25) is 5.76 Å². The van der Waals surface area contributed by atoms with E-state index < -0.39 is 17.4 Å². The number of carbonyl (C=O) groups is 2. The number of benzene rings is 1. The number of carboxylic acids is 1. The molecule has 1 aromatic carbocycles. The second-order valence-electron chi connectivity index (χ2n) is 5.49. The number of carbonyl (C=O) groups excluding carboxylic acids is 1. The van der Waals surface area contributed by atoms with E-state index in [0.717, 1.165) is 18.4 Å². The molecule has 0 aliphatic heterocycles. The highest BCUT2D eigenvalue weighted by Gasteiger charge is 2.43. The molecular weight excluding hydrogens is 284 g/mol. The Kier molecular flexibility index (Phi) is 3.66. The Morgan fingerprint density at radius 1 is 1.18 bits per heavy atom. The lowest BCUT2D eigenvalue weighted by molar-refractivity contribution is -0.144. The molecule has 3 rings (SSSR count). The fourth-order valence-electron chi connectivity index (χ4n) is 2.78. The molecule has 6 heteroatoms. The van der Waals surface area contributed by atoms with Gasteiger partial charge >= 0.3 is 5.97 Å². The summed E-state index contributed by atoms with van der Waals surface area (Å²) in [5.41, 5.74) is 0.192. The molecule has 2 N–H and O–H groups in total. The fourth-order valence-corrected chi connectivity index (χ4v) is 2.78. The van der Waals surface area contributed by atoms with Gasteiger partial charge in [-0.1, -0.05) is 48.3 Å². The van der Waals surface area contributed by atoms with E-state index in [1.54, 1.807) is 0 Å². The van der Waals surface area contributed by atoms with Crippen molar-refractivity contribution in [3.63, 3.8) is 0 Å². The Morgan fingerprint density at radius 2 is 1.86 bits per heavy atom. The van der Waals surface area contributed by atoms with Gasteiger partial charge in [-0.3, -0.25) is 4.79 Å². The molecule has 0 bridgehead atoms. The summed E-state index contributed by atoms with van der Waals surface area (Å²) in [7, 11) is 0. The molecule has 6 nitrogen and oxygen atoms in total. The molecule has 0 radical (unpaired) electrons. The van der Waals surface area contributed by atoms with Gasteiger partial charge in [-0.25, -0.2) is 4.79 Å². The van der Waals surface area contributed by atoms with E-state index in [-0.39, 0.29) is 5.76 Å². The Balaban J connectivity index is 1.79. The second kappa shape index (κ2) is 5.63. The number of hydrogen-bond acceptors (Lipinski definition) is 4. The quantitative estimate of drug-likeness (QED) is 0.905. The Hall–Kier alpha value is -2.63. The minimum Gasteiger partial charge on any atom is -0.480 e. The third kappa shape index (κ3) is 2.59. The van der Waals surface area contributed by atoms with Crippen LogP contribution in [0.25, 0.3) is 11.3 Å². The van der Waals surface area contributed by atoms with Crippen molar-refractivity contribution in [1.29, 1.82) is 0 Å². The summed E-state index contributed by atoms with van der Waals surface area (Å²) in [5, 5.41) is 15.8. The van der Waals surface area contributed by atoms with Crippen LogP contribution in [0.3, 0.4) is 0 Å². The lowest BCUT2D eigenvalue weighted by atomic mass is 9.97. The summed E-state index contributed by atoms with van der Waals surface area (Å²) in [6.45, 7) is 0. The van der Waals surface area contributed by atoms with E-state index in [1.165, 1.54) is 6.07 Å². The second-order valence-corrected chi connectivity index (χ2v) is 5.49. The Labute approximate surface area is 127 Å². The number of nitrogens with zero attached hydrogens (tertiary/aromatic N) is 1. The lowest BCUT2D eigenvalue weighted by Crippen LogP contribution is -2.52. The van der Waals surface area contributed by atoms with Gasteiger partial charge in [0.25, 0.3) is 5.91 Å². The van der Waals surface area contributed by atoms with Crippen LogP contribution in [-0.2, 0) is 4.79 Å². The predicted octanol–water partition coefficient (Wildman–Crippen LogP) is 2.47. The summed E-state index contributed by atoms with van der Waals surface area (Å²) in [5.74, 6) is -1.52. The number of carboxylic acid groups (broad SMARTS) is 1. The molecule has 2 aromatic rings. The zero-order valence-corrected chi connectivity index (χ0v) is 11.9. The molecule has 0 unspecified atom stereocenters. The molecule has 0 atom stereocenters. The van der Waals surface area contributed by atoms with Crippen LogP contribution in [0.15, 0.2) is 40.9 Å².